The fraction of sp³-hybridized carbons (Fsp3) is 0.538. The predicted octanol–water partition coefficient (Wildman–Crippen LogP) is 2.69. The van der Waals surface area contributed by atoms with Crippen molar-refractivity contribution in [1.29, 1.82) is 0 Å². The van der Waals surface area contributed by atoms with Crippen molar-refractivity contribution in [3.63, 3.8) is 0 Å². The van der Waals surface area contributed by atoms with Crippen molar-refractivity contribution in [2.45, 2.75) is 32.2 Å². The second-order valence-corrected chi connectivity index (χ2v) is 4.48. The standard InChI is InChI=1S/C13H19FN2/c1-10-9-11(14)4-5-13(10)16-12-3-2-7-15-8-6-12/h4-5,9,12,15-16H,2-3,6-8H2,1H3. The molecule has 1 atom stereocenters. The van der Waals surface area contributed by atoms with E-state index in [9.17, 15) is 4.39 Å². The lowest BCUT2D eigenvalue weighted by atomic mass is 10.1. The summed E-state index contributed by atoms with van der Waals surface area (Å²) in [5.74, 6) is -0.161. The van der Waals surface area contributed by atoms with E-state index in [2.05, 4.69) is 10.6 Å². The highest BCUT2D eigenvalue weighted by atomic mass is 19.1. The first kappa shape index (κ1) is 11.4. The molecule has 1 aliphatic rings. The van der Waals surface area contributed by atoms with E-state index in [1.165, 1.54) is 18.9 Å². The largest absolute Gasteiger partial charge is 0.382 e. The van der Waals surface area contributed by atoms with Crippen LogP contribution in [-0.2, 0) is 0 Å². The summed E-state index contributed by atoms with van der Waals surface area (Å²) in [5, 5.41) is 6.90. The summed E-state index contributed by atoms with van der Waals surface area (Å²) >= 11 is 0. The Hall–Kier alpha value is -1.09. The molecule has 1 saturated heterocycles. The Morgan fingerprint density at radius 2 is 2.19 bits per heavy atom. The number of nitrogens with one attached hydrogen (secondary N) is 2. The summed E-state index contributed by atoms with van der Waals surface area (Å²) in [6, 6.07) is 5.45. The fourth-order valence-corrected chi connectivity index (χ4v) is 2.17. The lowest BCUT2D eigenvalue weighted by molar-refractivity contribution is 0.623. The van der Waals surface area contributed by atoms with Gasteiger partial charge in [0.1, 0.15) is 5.82 Å². The van der Waals surface area contributed by atoms with Crippen LogP contribution >= 0.6 is 0 Å². The Labute approximate surface area is 96.2 Å². The van der Waals surface area contributed by atoms with Gasteiger partial charge < -0.3 is 10.6 Å². The molecule has 1 heterocycles. The molecule has 0 aromatic heterocycles. The summed E-state index contributed by atoms with van der Waals surface area (Å²) in [6.07, 6.45) is 3.53. The summed E-state index contributed by atoms with van der Waals surface area (Å²) in [6.45, 7) is 4.12. The molecule has 0 bridgehead atoms. The van der Waals surface area contributed by atoms with Crippen LogP contribution in [-0.4, -0.2) is 19.1 Å². The average molecular weight is 222 g/mol. The third kappa shape index (κ3) is 2.95. The molecule has 1 aromatic carbocycles. The van der Waals surface area contributed by atoms with Crippen LogP contribution in [0.5, 0.6) is 0 Å². The Kier molecular flexibility index (Phi) is 3.78. The zero-order valence-corrected chi connectivity index (χ0v) is 9.72. The van der Waals surface area contributed by atoms with E-state index in [1.807, 2.05) is 13.0 Å². The Balaban J connectivity index is 2.01. The van der Waals surface area contributed by atoms with Crippen LogP contribution < -0.4 is 10.6 Å². The Morgan fingerprint density at radius 3 is 3.00 bits per heavy atom. The third-order valence-corrected chi connectivity index (χ3v) is 3.12. The first-order valence-corrected chi connectivity index (χ1v) is 5.99. The highest BCUT2D eigenvalue weighted by molar-refractivity contribution is 5.51. The maximum atomic E-state index is 13.0. The van der Waals surface area contributed by atoms with Crippen LogP contribution in [0.1, 0.15) is 24.8 Å². The van der Waals surface area contributed by atoms with Crippen molar-refractivity contribution in [3.8, 4) is 0 Å². The number of hydrogen-bond donors (Lipinski definition) is 2. The number of hydrogen-bond acceptors (Lipinski definition) is 2. The Morgan fingerprint density at radius 1 is 1.31 bits per heavy atom. The van der Waals surface area contributed by atoms with Crippen LogP contribution in [0.4, 0.5) is 10.1 Å². The van der Waals surface area contributed by atoms with E-state index in [4.69, 9.17) is 0 Å². The molecule has 3 heteroatoms. The molecule has 0 aliphatic carbocycles. The van der Waals surface area contributed by atoms with Crippen molar-refractivity contribution in [2.75, 3.05) is 18.4 Å². The molecule has 88 valence electrons. The normalized spacial score (nSPS) is 21.5. The van der Waals surface area contributed by atoms with E-state index in [-0.39, 0.29) is 5.82 Å². The lowest BCUT2D eigenvalue weighted by Crippen LogP contribution is -2.21. The SMILES string of the molecule is Cc1cc(F)ccc1NC1CCCNCC1. The molecule has 0 spiro atoms. The number of benzene rings is 1. The molecule has 2 nitrogen and oxygen atoms in total. The van der Waals surface area contributed by atoms with Crippen LogP contribution in [0, 0.1) is 12.7 Å². The number of anilines is 1. The minimum Gasteiger partial charge on any atom is -0.382 e. The smallest absolute Gasteiger partial charge is 0.123 e. The van der Waals surface area contributed by atoms with Crippen LogP contribution in [0.3, 0.4) is 0 Å². The molecule has 2 rings (SSSR count). The highest BCUT2D eigenvalue weighted by Gasteiger charge is 2.12. The lowest BCUT2D eigenvalue weighted by Gasteiger charge is -2.18. The van der Waals surface area contributed by atoms with Crippen molar-refractivity contribution in [1.82, 2.24) is 5.32 Å². The van der Waals surface area contributed by atoms with Crippen molar-refractivity contribution >= 4 is 5.69 Å². The molecule has 1 aromatic rings. The van der Waals surface area contributed by atoms with Gasteiger partial charge in [0.15, 0.2) is 0 Å². The summed E-state index contributed by atoms with van der Waals surface area (Å²) < 4.78 is 13.0. The molecule has 2 N–H and O–H groups in total. The molecule has 0 saturated carbocycles. The third-order valence-electron chi connectivity index (χ3n) is 3.12. The van der Waals surface area contributed by atoms with E-state index >= 15 is 0 Å². The van der Waals surface area contributed by atoms with E-state index < -0.39 is 0 Å². The van der Waals surface area contributed by atoms with E-state index in [0.717, 1.165) is 30.8 Å². The van der Waals surface area contributed by atoms with Gasteiger partial charge in [0.2, 0.25) is 0 Å². The summed E-state index contributed by atoms with van der Waals surface area (Å²) in [4.78, 5) is 0. The van der Waals surface area contributed by atoms with Gasteiger partial charge in [-0.25, -0.2) is 4.39 Å². The van der Waals surface area contributed by atoms with Crippen molar-refractivity contribution < 1.29 is 4.39 Å². The van der Waals surface area contributed by atoms with Gasteiger partial charge in [-0.15, -0.1) is 0 Å². The zero-order chi connectivity index (χ0) is 11.4. The number of rotatable bonds is 2. The topological polar surface area (TPSA) is 24.1 Å². The minimum atomic E-state index is -0.161. The molecule has 1 aliphatic heterocycles. The minimum absolute atomic E-state index is 0.161. The van der Waals surface area contributed by atoms with Crippen LogP contribution in [0.15, 0.2) is 18.2 Å². The van der Waals surface area contributed by atoms with Gasteiger partial charge in [0.25, 0.3) is 0 Å². The van der Waals surface area contributed by atoms with E-state index in [1.54, 1.807) is 6.07 Å². The molecule has 1 fully saturated rings. The molecule has 1 unspecified atom stereocenters. The number of aryl methyl sites for hydroxylation is 1. The zero-order valence-electron chi connectivity index (χ0n) is 9.72. The summed E-state index contributed by atoms with van der Waals surface area (Å²) in [7, 11) is 0. The van der Waals surface area contributed by atoms with Gasteiger partial charge in [0.05, 0.1) is 0 Å². The Bertz CT molecular complexity index is 344. The average Bonchev–Trinajstić information content (AvgIpc) is 2.51. The van der Waals surface area contributed by atoms with Crippen molar-refractivity contribution in [2.24, 2.45) is 0 Å². The van der Waals surface area contributed by atoms with Crippen molar-refractivity contribution in [3.05, 3.63) is 29.6 Å². The predicted molar refractivity (Wildman–Crippen MR) is 65.3 cm³/mol. The maximum Gasteiger partial charge on any atom is 0.123 e. The van der Waals surface area contributed by atoms with Gasteiger partial charge in [-0.3, -0.25) is 0 Å². The van der Waals surface area contributed by atoms with Gasteiger partial charge in [-0.05, 0) is 63.0 Å². The molecular weight excluding hydrogens is 203 g/mol. The van der Waals surface area contributed by atoms with Crippen LogP contribution in [0.2, 0.25) is 0 Å². The maximum absolute atomic E-state index is 13.0. The fourth-order valence-electron chi connectivity index (χ4n) is 2.17. The monoisotopic (exact) mass is 222 g/mol. The van der Waals surface area contributed by atoms with Gasteiger partial charge >= 0.3 is 0 Å². The van der Waals surface area contributed by atoms with E-state index in [0.29, 0.717) is 6.04 Å². The molecular formula is C13H19FN2. The second kappa shape index (κ2) is 5.30. The highest BCUT2D eigenvalue weighted by Crippen LogP contribution is 2.19. The first-order chi connectivity index (χ1) is 7.75. The molecule has 0 amide bonds. The van der Waals surface area contributed by atoms with Gasteiger partial charge in [-0.2, -0.15) is 0 Å². The quantitative estimate of drug-likeness (QED) is 0.804. The molecule has 0 radical (unpaired) electrons. The van der Waals surface area contributed by atoms with Crippen LogP contribution in [0.25, 0.3) is 0 Å². The van der Waals surface area contributed by atoms with Gasteiger partial charge in [-0.1, -0.05) is 0 Å². The first-order valence-electron chi connectivity index (χ1n) is 5.99. The van der Waals surface area contributed by atoms with Gasteiger partial charge in [0, 0.05) is 11.7 Å². The second-order valence-electron chi connectivity index (χ2n) is 4.48. The number of halogens is 1. The summed E-state index contributed by atoms with van der Waals surface area (Å²) in [5.41, 5.74) is 2.05. The molecule has 16 heavy (non-hydrogen) atoms.